The molecule has 0 atom stereocenters. The molecule has 0 aliphatic rings. The lowest BCUT2D eigenvalue weighted by atomic mass is 10.1. The third-order valence-electron chi connectivity index (χ3n) is 3.28. The Morgan fingerprint density at radius 1 is 1.05 bits per heavy atom. The molecule has 0 aliphatic carbocycles. The first-order valence-corrected chi connectivity index (χ1v) is 6.77. The summed E-state index contributed by atoms with van der Waals surface area (Å²) in [5, 5.41) is 0. The molecule has 0 unspecified atom stereocenters. The Labute approximate surface area is 125 Å². The predicted octanol–water partition coefficient (Wildman–Crippen LogP) is 4.37. The normalized spacial score (nSPS) is 10.6. The van der Waals surface area contributed by atoms with Gasteiger partial charge in [-0.2, -0.15) is 0 Å². The van der Waals surface area contributed by atoms with Gasteiger partial charge in [-0.05, 0) is 24.1 Å². The van der Waals surface area contributed by atoms with E-state index in [0.29, 0.717) is 0 Å². The lowest BCUT2D eigenvalue weighted by Crippen LogP contribution is -2.26. The van der Waals surface area contributed by atoms with Crippen LogP contribution >= 0.6 is 0 Å². The fourth-order valence-electron chi connectivity index (χ4n) is 2.03. The number of rotatable bonds is 3. The van der Waals surface area contributed by atoms with E-state index in [1.165, 1.54) is 17.6 Å². The minimum atomic E-state index is -0.383. The number of amides is 1. The van der Waals surface area contributed by atoms with E-state index in [2.05, 4.69) is 31.2 Å². The van der Waals surface area contributed by atoms with Gasteiger partial charge in [-0.1, -0.05) is 60.2 Å². The van der Waals surface area contributed by atoms with Gasteiger partial charge < -0.3 is 4.74 Å². The summed E-state index contributed by atoms with van der Waals surface area (Å²) < 4.78 is 4.76. The van der Waals surface area contributed by atoms with E-state index in [0.717, 1.165) is 16.8 Å². The van der Waals surface area contributed by atoms with Crippen LogP contribution in [-0.2, 0) is 4.74 Å². The molecular formula is C18H19NO2. The van der Waals surface area contributed by atoms with Crippen LogP contribution in [0.3, 0.4) is 0 Å². The third kappa shape index (κ3) is 3.72. The van der Waals surface area contributed by atoms with Crippen molar-refractivity contribution in [2.75, 3.05) is 19.1 Å². The molecule has 0 fully saturated rings. The Morgan fingerprint density at radius 3 is 2.38 bits per heavy atom. The number of carbonyl (C=O) groups is 1. The van der Waals surface area contributed by atoms with Gasteiger partial charge in [0.05, 0.1) is 12.8 Å². The first-order valence-electron chi connectivity index (χ1n) is 6.77. The zero-order valence-corrected chi connectivity index (χ0v) is 12.5. The zero-order chi connectivity index (χ0) is 15.2. The summed E-state index contributed by atoms with van der Waals surface area (Å²) in [7, 11) is 3.08. The highest BCUT2D eigenvalue weighted by molar-refractivity contribution is 5.91. The van der Waals surface area contributed by atoms with Crippen LogP contribution < -0.4 is 4.90 Å². The van der Waals surface area contributed by atoms with Crippen molar-refractivity contribution in [3.63, 3.8) is 0 Å². The van der Waals surface area contributed by atoms with Gasteiger partial charge in [0.1, 0.15) is 0 Å². The number of ether oxygens (including phenoxy) is 1. The van der Waals surface area contributed by atoms with Crippen LogP contribution in [0.5, 0.6) is 0 Å². The fraction of sp³-hybridized carbons (Fsp3) is 0.167. The second-order valence-corrected chi connectivity index (χ2v) is 4.83. The number of benzene rings is 2. The van der Waals surface area contributed by atoms with E-state index < -0.39 is 0 Å². The first-order chi connectivity index (χ1) is 10.1. The molecule has 3 nitrogen and oxygen atoms in total. The van der Waals surface area contributed by atoms with Gasteiger partial charge in [0.25, 0.3) is 0 Å². The van der Waals surface area contributed by atoms with E-state index in [1.54, 1.807) is 7.05 Å². The quantitative estimate of drug-likeness (QED) is 0.782. The average Bonchev–Trinajstić information content (AvgIpc) is 2.53. The number of nitrogens with zero attached hydrogens (tertiary/aromatic N) is 1. The summed E-state index contributed by atoms with van der Waals surface area (Å²) >= 11 is 0. The minimum absolute atomic E-state index is 0.383. The van der Waals surface area contributed by atoms with Crippen LogP contribution in [0.1, 0.15) is 16.7 Å². The Bertz CT molecular complexity index is 645. The minimum Gasteiger partial charge on any atom is -0.452 e. The van der Waals surface area contributed by atoms with Crippen molar-refractivity contribution in [1.82, 2.24) is 0 Å². The maximum atomic E-state index is 11.7. The third-order valence-corrected chi connectivity index (χ3v) is 3.28. The van der Waals surface area contributed by atoms with Gasteiger partial charge in [-0.25, -0.2) is 4.79 Å². The van der Waals surface area contributed by atoms with Crippen molar-refractivity contribution in [3.8, 4) is 0 Å². The molecule has 0 saturated carbocycles. The van der Waals surface area contributed by atoms with Crippen molar-refractivity contribution < 1.29 is 9.53 Å². The van der Waals surface area contributed by atoms with E-state index >= 15 is 0 Å². The molecule has 108 valence electrons. The topological polar surface area (TPSA) is 29.5 Å². The lowest BCUT2D eigenvalue weighted by molar-refractivity contribution is 0.180. The highest BCUT2D eigenvalue weighted by Crippen LogP contribution is 2.22. The van der Waals surface area contributed by atoms with Gasteiger partial charge in [-0.15, -0.1) is 0 Å². The molecule has 2 rings (SSSR count). The van der Waals surface area contributed by atoms with E-state index in [4.69, 9.17) is 4.74 Å². The Kier molecular flexibility index (Phi) is 4.77. The number of hydrogen-bond donors (Lipinski definition) is 0. The number of carbonyl (C=O) groups excluding carboxylic acids is 1. The van der Waals surface area contributed by atoms with Crippen LogP contribution in [0.15, 0.2) is 48.5 Å². The van der Waals surface area contributed by atoms with Gasteiger partial charge in [-0.3, -0.25) is 4.90 Å². The largest absolute Gasteiger partial charge is 0.452 e. The summed E-state index contributed by atoms with van der Waals surface area (Å²) in [5.41, 5.74) is 4.13. The highest BCUT2D eigenvalue weighted by atomic mass is 16.5. The maximum absolute atomic E-state index is 11.7. The second kappa shape index (κ2) is 6.75. The van der Waals surface area contributed by atoms with E-state index in [1.807, 2.05) is 36.4 Å². The zero-order valence-electron chi connectivity index (χ0n) is 12.5. The van der Waals surface area contributed by atoms with Gasteiger partial charge >= 0.3 is 6.09 Å². The van der Waals surface area contributed by atoms with Crippen LogP contribution in [0.4, 0.5) is 10.5 Å². The monoisotopic (exact) mass is 281 g/mol. The maximum Gasteiger partial charge on any atom is 0.413 e. The summed E-state index contributed by atoms with van der Waals surface area (Å²) in [5.74, 6) is 0. The fourth-order valence-corrected chi connectivity index (χ4v) is 2.03. The van der Waals surface area contributed by atoms with E-state index in [-0.39, 0.29) is 6.09 Å². The van der Waals surface area contributed by atoms with Crippen LogP contribution in [0.2, 0.25) is 0 Å². The van der Waals surface area contributed by atoms with E-state index in [9.17, 15) is 4.79 Å². The number of aryl methyl sites for hydroxylation is 1. The molecule has 0 radical (unpaired) electrons. The molecule has 0 spiro atoms. The van der Waals surface area contributed by atoms with Crippen molar-refractivity contribution in [1.29, 1.82) is 0 Å². The highest BCUT2D eigenvalue weighted by Gasteiger charge is 2.12. The summed E-state index contributed by atoms with van der Waals surface area (Å²) in [6.45, 7) is 2.06. The van der Waals surface area contributed by atoms with Crippen LogP contribution in [0, 0.1) is 6.92 Å². The molecular weight excluding hydrogens is 262 g/mol. The number of anilines is 1. The van der Waals surface area contributed by atoms with Gasteiger partial charge in [0.2, 0.25) is 0 Å². The lowest BCUT2D eigenvalue weighted by Gasteiger charge is -2.17. The van der Waals surface area contributed by atoms with Crippen LogP contribution in [0.25, 0.3) is 12.2 Å². The Morgan fingerprint density at radius 2 is 1.71 bits per heavy atom. The summed E-state index contributed by atoms with van der Waals surface area (Å²) in [4.78, 5) is 13.2. The van der Waals surface area contributed by atoms with Gasteiger partial charge in [0, 0.05) is 7.05 Å². The average molecular weight is 281 g/mol. The van der Waals surface area contributed by atoms with Crippen molar-refractivity contribution in [3.05, 3.63) is 65.2 Å². The predicted molar refractivity (Wildman–Crippen MR) is 87.4 cm³/mol. The molecule has 0 aliphatic heterocycles. The second-order valence-electron chi connectivity index (χ2n) is 4.83. The smallest absolute Gasteiger partial charge is 0.413 e. The van der Waals surface area contributed by atoms with Crippen molar-refractivity contribution in [2.45, 2.75) is 6.92 Å². The standard InChI is InChI=1S/C18H19NO2/c1-14-8-10-15(11-9-14)12-13-16-6-4-5-7-17(16)19(2)18(20)21-3/h4-13H,1-3H3. The molecule has 0 saturated heterocycles. The number of hydrogen-bond acceptors (Lipinski definition) is 2. The number of para-hydroxylation sites is 1. The molecule has 0 heterocycles. The SMILES string of the molecule is COC(=O)N(C)c1ccccc1C=Cc1ccc(C)cc1. The van der Waals surface area contributed by atoms with Crippen LogP contribution in [-0.4, -0.2) is 20.3 Å². The Hall–Kier alpha value is -2.55. The van der Waals surface area contributed by atoms with Crippen molar-refractivity contribution >= 4 is 23.9 Å². The molecule has 1 amide bonds. The molecule has 0 bridgehead atoms. The molecule has 0 aromatic heterocycles. The molecule has 2 aromatic carbocycles. The molecule has 0 N–H and O–H groups in total. The van der Waals surface area contributed by atoms with Crippen molar-refractivity contribution in [2.24, 2.45) is 0 Å². The van der Waals surface area contributed by atoms with Gasteiger partial charge in [0.15, 0.2) is 0 Å². The summed E-state index contributed by atoms with van der Waals surface area (Å²) in [6.07, 6.45) is 3.65. The summed E-state index contributed by atoms with van der Waals surface area (Å²) in [6, 6.07) is 16.0. The molecule has 2 aromatic rings. The Balaban J connectivity index is 2.28. The molecule has 21 heavy (non-hydrogen) atoms. The number of methoxy groups -OCH3 is 1. The first kappa shape index (κ1) is 14.9. The molecule has 3 heteroatoms.